The molecular weight excluding hydrogens is 450 g/mol. The largest absolute Gasteiger partial charge is 0.349 e. The molecule has 0 radical (unpaired) electrons. The number of thiophene rings is 1. The van der Waals surface area contributed by atoms with E-state index in [4.69, 9.17) is 11.6 Å². The lowest BCUT2D eigenvalue weighted by molar-refractivity contribution is -0.119. The summed E-state index contributed by atoms with van der Waals surface area (Å²) in [5.41, 5.74) is 2.48. The molecule has 0 aliphatic heterocycles. The molecule has 5 nitrogen and oxygen atoms in total. The molecule has 4 rings (SSSR count). The van der Waals surface area contributed by atoms with Gasteiger partial charge in [-0.3, -0.25) is 14.2 Å². The van der Waals surface area contributed by atoms with Gasteiger partial charge in [0.15, 0.2) is 5.16 Å². The van der Waals surface area contributed by atoms with Crippen LogP contribution in [0.2, 0.25) is 5.02 Å². The maximum Gasteiger partial charge on any atom is 0.263 e. The molecule has 31 heavy (non-hydrogen) atoms. The molecule has 158 valence electrons. The zero-order chi connectivity index (χ0) is 22.0. The zero-order valence-electron chi connectivity index (χ0n) is 17.0. The number of nitrogens with one attached hydrogen (secondary N) is 1. The van der Waals surface area contributed by atoms with E-state index >= 15 is 0 Å². The van der Waals surface area contributed by atoms with Gasteiger partial charge in [-0.05, 0) is 18.6 Å². The number of fused-ring (bicyclic) bond motifs is 1. The van der Waals surface area contributed by atoms with Gasteiger partial charge in [0, 0.05) is 28.6 Å². The second-order valence-electron chi connectivity index (χ2n) is 7.06. The number of aromatic nitrogens is 2. The molecule has 0 aliphatic carbocycles. The molecule has 1 unspecified atom stereocenters. The molecule has 0 fully saturated rings. The fourth-order valence-corrected chi connectivity index (χ4v) is 5.30. The van der Waals surface area contributed by atoms with E-state index in [-0.39, 0.29) is 23.3 Å². The van der Waals surface area contributed by atoms with Crippen LogP contribution in [0.5, 0.6) is 0 Å². The highest BCUT2D eigenvalue weighted by atomic mass is 35.5. The number of rotatable bonds is 6. The number of carbonyl (C=O) groups excluding carboxylic acids is 1. The lowest BCUT2D eigenvalue weighted by Gasteiger charge is -2.14. The normalized spacial score (nSPS) is 12.1. The molecule has 2 aromatic carbocycles. The molecule has 1 amide bonds. The Morgan fingerprint density at radius 1 is 1.16 bits per heavy atom. The van der Waals surface area contributed by atoms with Crippen molar-refractivity contribution in [3.63, 3.8) is 0 Å². The summed E-state index contributed by atoms with van der Waals surface area (Å²) in [7, 11) is 1.68. The molecule has 0 spiro atoms. The van der Waals surface area contributed by atoms with Crippen molar-refractivity contribution in [1.29, 1.82) is 0 Å². The van der Waals surface area contributed by atoms with Gasteiger partial charge in [0.05, 0.1) is 17.2 Å². The van der Waals surface area contributed by atoms with Gasteiger partial charge in [-0.1, -0.05) is 71.9 Å². The maximum absolute atomic E-state index is 13.1. The first-order valence-corrected chi connectivity index (χ1v) is 11.9. The smallest absolute Gasteiger partial charge is 0.263 e. The summed E-state index contributed by atoms with van der Waals surface area (Å²) in [6, 6.07) is 17.1. The van der Waals surface area contributed by atoms with E-state index in [2.05, 4.69) is 10.3 Å². The first-order chi connectivity index (χ1) is 15.0. The van der Waals surface area contributed by atoms with E-state index in [1.54, 1.807) is 13.1 Å². The van der Waals surface area contributed by atoms with Crippen LogP contribution in [0.3, 0.4) is 0 Å². The third-order valence-electron chi connectivity index (χ3n) is 4.95. The minimum absolute atomic E-state index is 0.0935. The van der Waals surface area contributed by atoms with Gasteiger partial charge in [-0.25, -0.2) is 4.98 Å². The number of nitrogens with zero attached hydrogens (tertiary/aromatic N) is 2. The summed E-state index contributed by atoms with van der Waals surface area (Å²) < 4.78 is 1.49. The van der Waals surface area contributed by atoms with Gasteiger partial charge in [0.1, 0.15) is 4.83 Å². The molecule has 0 saturated carbocycles. The fraction of sp³-hybridized carbons (Fsp3) is 0.174. The third kappa shape index (κ3) is 4.54. The average molecular weight is 470 g/mol. The van der Waals surface area contributed by atoms with Crippen LogP contribution in [0.1, 0.15) is 18.5 Å². The number of amides is 1. The topological polar surface area (TPSA) is 64.0 Å². The van der Waals surface area contributed by atoms with E-state index in [9.17, 15) is 9.59 Å². The van der Waals surface area contributed by atoms with Crippen LogP contribution in [0.25, 0.3) is 21.3 Å². The highest BCUT2D eigenvalue weighted by molar-refractivity contribution is 7.99. The third-order valence-corrected chi connectivity index (χ3v) is 7.18. The summed E-state index contributed by atoms with van der Waals surface area (Å²) in [5, 5.41) is 6.53. The highest BCUT2D eigenvalue weighted by Crippen LogP contribution is 2.35. The van der Waals surface area contributed by atoms with Gasteiger partial charge < -0.3 is 5.32 Å². The van der Waals surface area contributed by atoms with Gasteiger partial charge in [-0.2, -0.15) is 0 Å². The van der Waals surface area contributed by atoms with Crippen LogP contribution in [-0.2, 0) is 11.8 Å². The first-order valence-electron chi connectivity index (χ1n) is 9.66. The van der Waals surface area contributed by atoms with Crippen molar-refractivity contribution in [2.24, 2.45) is 7.05 Å². The second kappa shape index (κ2) is 9.26. The van der Waals surface area contributed by atoms with Crippen LogP contribution in [0.15, 0.2) is 69.9 Å². The van der Waals surface area contributed by atoms with Gasteiger partial charge in [0.2, 0.25) is 5.91 Å². The fourth-order valence-electron chi connectivity index (χ4n) is 3.30. The highest BCUT2D eigenvalue weighted by Gasteiger charge is 2.18. The molecule has 0 bridgehead atoms. The molecule has 1 N–H and O–H groups in total. The summed E-state index contributed by atoms with van der Waals surface area (Å²) in [6.45, 7) is 1.94. The van der Waals surface area contributed by atoms with E-state index in [0.717, 1.165) is 16.7 Å². The average Bonchev–Trinajstić information content (AvgIpc) is 3.20. The SMILES string of the molecule is CC(NC(=O)CSc1nc2scc(-c3ccccc3Cl)c2c(=O)n1C)c1ccccc1. The predicted octanol–water partition coefficient (Wildman–Crippen LogP) is 5.28. The standard InChI is InChI=1S/C23H20ClN3O2S2/c1-14(15-8-4-3-5-9-15)25-19(28)13-31-23-26-21-20(22(29)27(23)2)17(12-30-21)16-10-6-7-11-18(16)24/h3-12,14H,13H2,1-2H3,(H,25,28). The van der Waals surface area contributed by atoms with Gasteiger partial charge in [-0.15, -0.1) is 11.3 Å². The number of thioether (sulfide) groups is 1. The second-order valence-corrected chi connectivity index (χ2v) is 9.26. The quantitative estimate of drug-likeness (QED) is 0.308. The van der Waals surface area contributed by atoms with Crippen molar-refractivity contribution in [1.82, 2.24) is 14.9 Å². The number of hydrogen-bond acceptors (Lipinski definition) is 5. The Bertz CT molecular complexity index is 1300. The van der Waals surface area contributed by atoms with Crippen molar-refractivity contribution < 1.29 is 4.79 Å². The molecule has 0 saturated heterocycles. The summed E-state index contributed by atoms with van der Waals surface area (Å²) in [5.74, 6) is 0.0600. The van der Waals surface area contributed by atoms with Crippen LogP contribution in [0, 0.1) is 0 Å². The van der Waals surface area contributed by atoms with Crippen molar-refractivity contribution in [2.45, 2.75) is 18.1 Å². The number of halogens is 1. The van der Waals surface area contributed by atoms with Crippen molar-refractivity contribution in [2.75, 3.05) is 5.75 Å². The Morgan fingerprint density at radius 3 is 2.61 bits per heavy atom. The minimum atomic E-state index is -0.151. The van der Waals surface area contributed by atoms with Gasteiger partial charge >= 0.3 is 0 Å². The summed E-state index contributed by atoms with van der Waals surface area (Å²) in [6.07, 6.45) is 0. The summed E-state index contributed by atoms with van der Waals surface area (Å²) in [4.78, 5) is 30.8. The molecule has 4 aromatic rings. The Morgan fingerprint density at radius 2 is 1.87 bits per heavy atom. The lowest BCUT2D eigenvalue weighted by Crippen LogP contribution is -2.28. The Kier molecular flexibility index (Phi) is 6.46. The van der Waals surface area contributed by atoms with E-state index < -0.39 is 0 Å². The molecular formula is C23H20ClN3O2S2. The molecule has 2 aromatic heterocycles. The Hall–Kier alpha value is -2.61. The van der Waals surface area contributed by atoms with E-state index in [1.165, 1.54) is 27.7 Å². The monoisotopic (exact) mass is 469 g/mol. The van der Waals surface area contributed by atoms with E-state index in [1.807, 2.05) is 60.8 Å². The van der Waals surface area contributed by atoms with Crippen LogP contribution in [-0.4, -0.2) is 21.2 Å². The molecule has 8 heteroatoms. The van der Waals surface area contributed by atoms with Crippen molar-refractivity contribution in [3.8, 4) is 11.1 Å². The molecule has 2 heterocycles. The van der Waals surface area contributed by atoms with Crippen LogP contribution < -0.4 is 10.9 Å². The Labute approximate surface area is 193 Å². The zero-order valence-corrected chi connectivity index (χ0v) is 19.4. The van der Waals surface area contributed by atoms with E-state index in [0.29, 0.717) is 20.4 Å². The van der Waals surface area contributed by atoms with Crippen LogP contribution >= 0.6 is 34.7 Å². The number of benzene rings is 2. The maximum atomic E-state index is 13.1. The molecule has 1 atom stereocenters. The first kappa shape index (κ1) is 21.6. The van der Waals surface area contributed by atoms with Gasteiger partial charge in [0.25, 0.3) is 5.56 Å². The van der Waals surface area contributed by atoms with Crippen LogP contribution in [0.4, 0.5) is 0 Å². The number of hydrogen-bond donors (Lipinski definition) is 1. The van der Waals surface area contributed by atoms with Crippen molar-refractivity contribution in [3.05, 3.63) is 80.9 Å². The predicted molar refractivity (Wildman–Crippen MR) is 129 cm³/mol. The summed E-state index contributed by atoms with van der Waals surface area (Å²) >= 11 is 8.99. The van der Waals surface area contributed by atoms with Crippen molar-refractivity contribution >= 4 is 50.8 Å². The number of carbonyl (C=O) groups is 1. The lowest BCUT2D eigenvalue weighted by atomic mass is 10.1. The molecule has 0 aliphatic rings. The minimum Gasteiger partial charge on any atom is -0.349 e. The Balaban J connectivity index is 1.54.